The van der Waals surface area contributed by atoms with E-state index in [-0.39, 0.29) is 5.41 Å². The van der Waals surface area contributed by atoms with Gasteiger partial charge in [0.05, 0.1) is 16.7 Å². The summed E-state index contributed by atoms with van der Waals surface area (Å²) < 4.78 is 2.45. The van der Waals surface area contributed by atoms with Crippen LogP contribution in [0.5, 0.6) is 0 Å². The maximum Gasteiger partial charge on any atom is 0.0782 e. The van der Waals surface area contributed by atoms with Crippen LogP contribution in [0, 0.1) is 0 Å². The number of benzene rings is 8. The largest absolute Gasteiger partial charge is 0.308 e. The van der Waals surface area contributed by atoms with Gasteiger partial charge in [0.1, 0.15) is 0 Å². The molecule has 1 heterocycles. The standard InChI is InChI=1S/C51H38N2/c1-51(2)46-33-38(36-17-8-4-9-18-36)27-31-42(46)43-32-30-41(34-47(43)51)52(39-19-10-5-11-20-39)49-24-14-22-45-44-21-12-13-23-48(44)53(50(45)49)40-28-25-37(26-29-40)35-15-6-3-7-16-35/h3-34H,1-2H3. The number of anilines is 3. The van der Waals surface area contributed by atoms with Crippen LogP contribution in [0.1, 0.15) is 25.0 Å². The lowest BCUT2D eigenvalue weighted by Crippen LogP contribution is -2.17. The number of hydrogen-bond donors (Lipinski definition) is 0. The molecule has 1 aromatic heterocycles. The summed E-state index contributed by atoms with van der Waals surface area (Å²) in [7, 11) is 0. The Kier molecular flexibility index (Phi) is 7.19. The minimum Gasteiger partial charge on any atom is -0.308 e. The minimum atomic E-state index is -0.171. The van der Waals surface area contributed by atoms with Gasteiger partial charge in [-0.2, -0.15) is 0 Å². The van der Waals surface area contributed by atoms with Crippen molar-refractivity contribution in [2.24, 2.45) is 0 Å². The van der Waals surface area contributed by atoms with Crippen LogP contribution in [0.4, 0.5) is 17.1 Å². The lowest BCUT2D eigenvalue weighted by atomic mass is 9.81. The molecule has 0 saturated carbocycles. The first-order valence-electron chi connectivity index (χ1n) is 18.4. The summed E-state index contributed by atoms with van der Waals surface area (Å²) in [6.07, 6.45) is 0. The third-order valence-corrected chi connectivity index (χ3v) is 11.2. The van der Waals surface area contributed by atoms with E-state index in [4.69, 9.17) is 0 Å². The van der Waals surface area contributed by atoms with E-state index in [0.717, 1.165) is 22.7 Å². The van der Waals surface area contributed by atoms with Gasteiger partial charge >= 0.3 is 0 Å². The Hall–Kier alpha value is -6.64. The second-order valence-electron chi connectivity index (χ2n) is 14.6. The van der Waals surface area contributed by atoms with Crippen LogP contribution in [0.15, 0.2) is 194 Å². The number of hydrogen-bond acceptors (Lipinski definition) is 1. The summed E-state index contributed by atoms with van der Waals surface area (Å²) in [6, 6.07) is 70.8. The second kappa shape index (κ2) is 12.3. The fourth-order valence-corrected chi connectivity index (χ4v) is 8.56. The van der Waals surface area contributed by atoms with Gasteiger partial charge in [0.2, 0.25) is 0 Å². The molecule has 9 aromatic rings. The fraction of sp³-hybridized carbons (Fsp3) is 0.0588. The highest BCUT2D eigenvalue weighted by molar-refractivity contribution is 6.14. The summed E-state index contributed by atoms with van der Waals surface area (Å²) >= 11 is 0. The molecule has 0 fully saturated rings. The molecule has 2 nitrogen and oxygen atoms in total. The van der Waals surface area contributed by atoms with Crippen LogP contribution in [0.25, 0.3) is 60.9 Å². The average Bonchev–Trinajstić information content (AvgIpc) is 3.68. The minimum absolute atomic E-state index is 0.171. The molecule has 252 valence electrons. The smallest absolute Gasteiger partial charge is 0.0782 e. The molecule has 53 heavy (non-hydrogen) atoms. The van der Waals surface area contributed by atoms with Gasteiger partial charge in [-0.05, 0) is 99.1 Å². The maximum absolute atomic E-state index is 2.45. The van der Waals surface area contributed by atoms with Crippen molar-refractivity contribution in [2.75, 3.05) is 4.90 Å². The van der Waals surface area contributed by atoms with Crippen LogP contribution < -0.4 is 4.90 Å². The Morgan fingerprint density at radius 1 is 0.415 bits per heavy atom. The molecule has 0 aliphatic heterocycles. The molecule has 0 amide bonds. The second-order valence-corrected chi connectivity index (χ2v) is 14.6. The van der Waals surface area contributed by atoms with Crippen molar-refractivity contribution >= 4 is 38.9 Å². The predicted octanol–water partition coefficient (Wildman–Crippen LogP) is 13.9. The molecule has 0 bridgehead atoms. The van der Waals surface area contributed by atoms with Gasteiger partial charge in [0.25, 0.3) is 0 Å². The van der Waals surface area contributed by atoms with Crippen LogP contribution in [0.2, 0.25) is 0 Å². The first-order valence-corrected chi connectivity index (χ1v) is 18.4. The molecule has 10 rings (SSSR count). The van der Waals surface area contributed by atoms with Gasteiger partial charge in [-0.1, -0.05) is 153 Å². The molecular formula is C51H38N2. The molecule has 0 atom stereocenters. The molecule has 0 saturated heterocycles. The van der Waals surface area contributed by atoms with Crippen molar-refractivity contribution in [3.8, 4) is 39.1 Å². The van der Waals surface area contributed by atoms with E-state index in [0.29, 0.717) is 0 Å². The summed E-state index contributed by atoms with van der Waals surface area (Å²) in [6.45, 7) is 4.75. The highest BCUT2D eigenvalue weighted by Gasteiger charge is 2.36. The summed E-state index contributed by atoms with van der Waals surface area (Å²) in [5.41, 5.74) is 17.0. The van der Waals surface area contributed by atoms with Crippen molar-refractivity contribution in [1.29, 1.82) is 0 Å². The van der Waals surface area contributed by atoms with E-state index >= 15 is 0 Å². The highest BCUT2D eigenvalue weighted by Crippen LogP contribution is 2.52. The predicted molar refractivity (Wildman–Crippen MR) is 224 cm³/mol. The molecule has 2 heteroatoms. The summed E-state index contributed by atoms with van der Waals surface area (Å²) in [4.78, 5) is 2.45. The topological polar surface area (TPSA) is 8.17 Å². The molecule has 0 spiro atoms. The Morgan fingerprint density at radius 2 is 0.962 bits per heavy atom. The summed E-state index contributed by atoms with van der Waals surface area (Å²) in [5.74, 6) is 0. The molecule has 0 N–H and O–H groups in total. The molecule has 0 unspecified atom stereocenters. The molecular weight excluding hydrogens is 641 g/mol. The molecule has 1 aliphatic carbocycles. The van der Waals surface area contributed by atoms with E-state index in [1.165, 1.54) is 66.3 Å². The van der Waals surface area contributed by atoms with E-state index in [1.54, 1.807) is 0 Å². The highest BCUT2D eigenvalue weighted by atomic mass is 15.2. The van der Waals surface area contributed by atoms with E-state index < -0.39 is 0 Å². The van der Waals surface area contributed by atoms with Gasteiger partial charge in [-0.15, -0.1) is 0 Å². The van der Waals surface area contributed by atoms with E-state index in [9.17, 15) is 0 Å². The van der Waals surface area contributed by atoms with Gasteiger partial charge in [0.15, 0.2) is 0 Å². The van der Waals surface area contributed by atoms with Crippen LogP contribution in [-0.4, -0.2) is 4.57 Å². The maximum atomic E-state index is 2.45. The van der Waals surface area contributed by atoms with E-state index in [1.807, 2.05) is 0 Å². The van der Waals surface area contributed by atoms with Gasteiger partial charge in [-0.3, -0.25) is 0 Å². The Bertz CT molecular complexity index is 2780. The number of nitrogens with zero attached hydrogens (tertiary/aromatic N) is 2. The normalized spacial score (nSPS) is 12.9. The van der Waals surface area contributed by atoms with Crippen molar-refractivity contribution in [1.82, 2.24) is 4.57 Å². The monoisotopic (exact) mass is 678 g/mol. The van der Waals surface area contributed by atoms with Crippen molar-refractivity contribution in [2.45, 2.75) is 19.3 Å². The van der Waals surface area contributed by atoms with Gasteiger partial charge in [-0.25, -0.2) is 0 Å². The van der Waals surface area contributed by atoms with Crippen molar-refractivity contribution in [3.05, 3.63) is 205 Å². The van der Waals surface area contributed by atoms with Gasteiger partial charge < -0.3 is 9.47 Å². The lowest BCUT2D eigenvalue weighted by Gasteiger charge is -2.29. The van der Waals surface area contributed by atoms with Gasteiger partial charge in [0, 0.05) is 33.2 Å². The lowest BCUT2D eigenvalue weighted by molar-refractivity contribution is 0.660. The Balaban J connectivity index is 1.17. The summed E-state index contributed by atoms with van der Waals surface area (Å²) in [5, 5.41) is 2.47. The van der Waals surface area contributed by atoms with Crippen molar-refractivity contribution < 1.29 is 0 Å². The van der Waals surface area contributed by atoms with Crippen LogP contribution in [0.3, 0.4) is 0 Å². The van der Waals surface area contributed by atoms with E-state index in [2.05, 4.69) is 217 Å². The fourth-order valence-electron chi connectivity index (χ4n) is 8.56. The number of fused-ring (bicyclic) bond motifs is 6. The SMILES string of the molecule is CC1(C)c2cc(-c3ccccc3)ccc2-c2ccc(N(c3ccccc3)c3cccc4c5ccccc5n(-c5ccc(-c6ccccc6)cc5)c34)cc21. The van der Waals surface area contributed by atoms with Crippen LogP contribution in [-0.2, 0) is 5.41 Å². The Morgan fingerprint density at radius 3 is 1.68 bits per heavy atom. The Labute approximate surface area is 310 Å². The third kappa shape index (κ3) is 5.02. The third-order valence-electron chi connectivity index (χ3n) is 11.2. The first-order chi connectivity index (χ1) is 26.1. The zero-order chi connectivity index (χ0) is 35.5. The first kappa shape index (κ1) is 31.1. The van der Waals surface area contributed by atoms with Crippen LogP contribution >= 0.6 is 0 Å². The van der Waals surface area contributed by atoms with Crippen molar-refractivity contribution in [3.63, 3.8) is 0 Å². The number of aromatic nitrogens is 1. The zero-order valence-electron chi connectivity index (χ0n) is 29.9. The molecule has 0 radical (unpaired) electrons. The molecule has 1 aliphatic rings. The quantitative estimate of drug-likeness (QED) is 0.170. The molecule has 8 aromatic carbocycles. The number of para-hydroxylation sites is 3. The zero-order valence-corrected chi connectivity index (χ0v) is 29.9. The average molecular weight is 679 g/mol. The number of rotatable bonds is 6.